The summed E-state index contributed by atoms with van der Waals surface area (Å²) in [5.41, 5.74) is 18.7. The predicted molar refractivity (Wildman–Crippen MR) is 286 cm³/mol. The minimum atomic E-state index is 1.11. The van der Waals surface area contributed by atoms with Crippen LogP contribution >= 0.6 is 0 Å². The average molecular weight is 865 g/mol. The van der Waals surface area contributed by atoms with E-state index in [1.54, 1.807) is 0 Å². The molecule has 4 heterocycles. The fourth-order valence-electron chi connectivity index (χ4n) is 11.6. The number of nitrogens with zero attached hydrogens (tertiary/aromatic N) is 4. The summed E-state index contributed by atoms with van der Waals surface area (Å²) in [6, 6.07) is 89.5. The summed E-state index contributed by atoms with van der Waals surface area (Å²) < 4.78 is 7.33. The number of benzene rings is 11. The first-order valence-electron chi connectivity index (χ1n) is 23.4. The van der Waals surface area contributed by atoms with E-state index in [9.17, 15) is 0 Å². The van der Waals surface area contributed by atoms with Gasteiger partial charge >= 0.3 is 0 Å². The Kier molecular flexibility index (Phi) is 7.75. The Hall–Kier alpha value is -9.12. The van der Waals surface area contributed by atoms with Crippen molar-refractivity contribution in [2.24, 2.45) is 0 Å². The number of hydrogen-bond donors (Lipinski definition) is 0. The normalized spacial score (nSPS) is 12.4. The van der Waals surface area contributed by atoms with E-state index in [0.29, 0.717) is 0 Å². The highest BCUT2D eigenvalue weighted by Gasteiger charge is 2.29. The topological polar surface area (TPSA) is 18.0 Å². The maximum Gasteiger partial charge on any atom is 0.0562 e. The van der Waals surface area contributed by atoms with Crippen molar-refractivity contribution in [3.63, 3.8) is 0 Å². The van der Waals surface area contributed by atoms with Gasteiger partial charge in [0.15, 0.2) is 0 Å². The molecule has 0 aliphatic carbocycles. The van der Waals surface area contributed by atoms with Crippen LogP contribution in [-0.2, 0) is 0 Å². The van der Waals surface area contributed by atoms with Gasteiger partial charge in [-0.15, -0.1) is 0 Å². The molecular formula is C64H40N4. The zero-order valence-corrected chi connectivity index (χ0v) is 36.9. The molecule has 3 aromatic heterocycles. The van der Waals surface area contributed by atoms with E-state index in [4.69, 9.17) is 0 Å². The molecule has 0 radical (unpaired) electrons. The van der Waals surface area contributed by atoms with Crippen molar-refractivity contribution in [2.75, 3.05) is 4.90 Å². The molecule has 0 fully saturated rings. The van der Waals surface area contributed by atoms with Crippen molar-refractivity contribution in [1.29, 1.82) is 0 Å². The maximum absolute atomic E-state index is 2.51. The van der Waals surface area contributed by atoms with Gasteiger partial charge in [-0.25, -0.2) is 0 Å². The second-order valence-corrected chi connectivity index (χ2v) is 18.1. The van der Waals surface area contributed by atoms with E-state index in [1.807, 2.05) is 0 Å². The van der Waals surface area contributed by atoms with E-state index < -0.39 is 0 Å². The Morgan fingerprint density at radius 3 is 1.31 bits per heavy atom. The second-order valence-electron chi connectivity index (χ2n) is 18.1. The zero-order valence-electron chi connectivity index (χ0n) is 36.9. The average Bonchev–Trinajstić information content (AvgIpc) is 4.04. The maximum atomic E-state index is 2.51. The fraction of sp³-hybridized carbons (Fsp3) is 0. The number of hydrogen-bond acceptors (Lipinski definition) is 1. The van der Waals surface area contributed by atoms with Crippen LogP contribution in [0.15, 0.2) is 243 Å². The predicted octanol–water partition coefficient (Wildman–Crippen LogP) is 17.2. The largest absolute Gasteiger partial charge is 0.309 e. The molecule has 4 nitrogen and oxygen atoms in total. The molecule has 4 heteroatoms. The first kappa shape index (κ1) is 37.1. The summed E-state index contributed by atoms with van der Waals surface area (Å²) >= 11 is 0. The lowest BCUT2D eigenvalue weighted by molar-refractivity contribution is 1.13. The molecule has 0 unspecified atom stereocenters. The third-order valence-electron chi connectivity index (χ3n) is 14.5. The molecule has 15 rings (SSSR count). The Morgan fingerprint density at radius 2 is 0.706 bits per heavy atom. The Balaban J connectivity index is 1.01. The summed E-state index contributed by atoms with van der Waals surface area (Å²) in [4.78, 5) is 2.51. The molecule has 0 atom stereocenters. The van der Waals surface area contributed by atoms with Crippen LogP contribution in [-0.4, -0.2) is 13.7 Å². The van der Waals surface area contributed by atoms with Gasteiger partial charge < -0.3 is 18.6 Å². The number of fused-ring (bicyclic) bond motifs is 11. The fourth-order valence-corrected chi connectivity index (χ4v) is 11.6. The molecule has 316 valence electrons. The molecule has 0 amide bonds. The van der Waals surface area contributed by atoms with E-state index in [1.165, 1.54) is 93.1 Å². The third kappa shape index (κ3) is 5.25. The standard InChI is InChI=1S/C64H40N4/c1-2-16-41(17-3-1)43-34-35-60-53(36-43)55-39-54-52-28-12-18-42-19-13-33-61(64(42)52)68(47-23-15-21-45(38-47)66-58-31-10-6-26-50(58)51-27-7-11-32-59(51)66)62(54)40-63(55)67(60)46-22-14-20-44(37-46)65-56-29-8-4-24-48(56)49-25-5-9-30-57(49)65/h1-40H. The summed E-state index contributed by atoms with van der Waals surface area (Å²) in [5.74, 6) is 0. The van der Waals surface area contributed by atoms with Crippen LogP contribution in [0, 0.1) is 0 Å². The van der Waals surface area contributed by atoms with Crippen molar-refractivity contribution in [1.82, 2.24) is 13.7 Å². The molecule has 1 aliphatic heterocycles. The van der Waals surface area contributed by atoms with Crippen LogP contribution in [0.5, 0.6) is 0 Å². The van der Waals surface area contributed by atoms with Gasteiger partial charge in [0.25, 0.3) is 0 Å². The van der Waals surface area contributed by atoms with Gasteiger partial charge in [-0.3, -0.25) is 0 Å². The van der Waals surface area contributed by atoms with Gasteiger partial charge in [0, 0.05) is 66.0 Å². The van der Waals surface area contributed by atoms with Crippen LogP contribution in [0.3, 0.4) is 0 Å². The summed E-state index contributed by atoms with van der Waals surface area (Å²) in [6.07, 6.45) is 0. The zero-order chi connectivity index (χ0) is 44.5. The van der Waals surface area contributed by atoms with Gasteiger partial charge in [0.05, 0.1) is 44.5 Å². The number of rotatable bonds is 5. The molecule has 0 N–H and O–H groups in total. The highest BCUT2D eigenvalue weighted by atomic mass is 15.2. The lowest BCUT2D eigenvalue weighted by Crippen LogP contribution is -2.15. The highest BCUT2D eigenvalue weighted by molar-refractivity contribution is 6.20. The molecule has 0 saturated heterocycles. The van der Waals surface area contributed by atoms with Crippen LogP contribution < -0.4 is 4.90 Å². The van der Waals surface area contributed by atoms with Crippen LogP contribution in [0.1, 0.15) is 0 Å². The van der Waals surface area contributed by atoms with Crippen molar-refractivity contribution in [3.8, 4) is 39.3 Å². The third-order valence-corrected chi connectivity index (χ3v) is 14.5. The lowest BCUT2D eigenvalue weighted by atomic mass is 9.89. The highest BCUT2D eigenvalue weighted by Crippen LogP contribution is 2.53. The molecule has 0 bridgehead atoms. The van der Waals surface area contributed by atoms with Crippen molar-refractivity contribution >= 4 is 93.3 Å². The molecule has 0 spiro atoms. The first-order chi connectivity index (χ1) is 33.7. The van der Waals surface area contributed by atoms with Crippen molar-refractivity contribution in [2.45, 2.75) is 0 Å². The Labute approximate surface area is 392 Å². The lowest BCUT2D eigenvalue weighted by Gasteiger charge is -2.34. The van der Waals surface area contributed by atoms with Crippen LogP contribution in [0.4, 0.5) is 17.1 Å². The smallest absolute Gasteiger partial charge is 0.0562 e. The van der Waals surface area contributed by atoms with Crippen molar-refractivity contribution in [3.05, 3.63) is 243 Å². The monoisotopic (exact) mass is 864 g/mol. The van der Waals surface area contributed by atoms with Crippen LogP contribution in [0.2, 0.25) is 0 Å². The minimum Gasteiger partial charge on any atom is -0.309 e. The quantitative estimate of drug-likeness (QED) is 0.169. The minimum absolute atomic E-state index is 1.11. The molecular weight excluding hydrogens is 825 g/mol. The van der Waals surface area contributed by atoms with Gasteiger partial charge in [-0.1, -0.05) is 152 Å². The van der Waals surface area contributed by atoms with E-state index >= 15 is 0 Å². The van der Waals surface area contributed by atoms with Gasteiger partial charge in [0.2, 0.25) is 0 Å². The number of aromatic nitrogens is 3. The molecule has 14 aromatic rings. The SMILES string of the molecule is c1ccc(-c2ccc3c(c2)c2cc4c(cc2n3-c2cccc(-n3c5ccccc5c5ccccc53)c2)N(c2cccc(-n3c5ccccc5c5ccccc53)c2)c2cccc3cccc-4c23)cc1. The van der Waals surface area contributed by atoms with Crippen LogP contribution in [0.25, 0.3) is 116 Å². The van der Waals surface area contributed by atoms with E-state index in [0.717, 1.165) is 39.5 Å². The Bertz CT molecular complexity index is 4280. The molecule has 11 aromatic carbocycles. The summed E-state index contributed by atoms with van der Waals surface area (Å²) in [5, 5.41) is 9.94. The molecule has 1 aliphatic rings. The van der Waals surface area contributed by atoms with E-state index in [-0.39, 0.29) is 0 Å². The van der Waals surface area contributed by atoms with Crippen molar-refractivity contribution < 1.29 is 0 Å². The first-order valence-corrected chi connectivity index (χ1v) is 23.4. The molecule has 0 saturated carbocycles. The van der Waals surface area contributed by atoms with Gasteiger partial charge in [-0.2, -0.15) is 0 Å². The van der Waals surface area contributed by atoms with Gasteiger partial charge in [0.1, 0.15) is 0 Å². The second kappa shape index (κ2) is 14.2. The summed E-state index contributed by atoms with van der Waals surface area (Å²) in [7, 11) is 0. The number of para-hydroxylation sites is 4. The van der Waals surface area contributed by atoms with E-state index in [2.05, 4.69) is 261 Å². The summed E-state index contributed by atoms with van der Waals surface area (Å²) in [6.45, 7) is 0. The number of anilines is 3. The Morgan fingerprint density at radius 1 is 0.235 bits per heavy atom. The molecule has 68 heavy (non-hydrogen) atoms. The van der Waals surface area contributed by atoms with Gasteiger partial charge in [-0.05, 0) is 113 Å².